The summed E-state index contributed by atoms with van der Waals surface area (Å²) in [6.45, 7) is 4.88. The Bertz CT molecular complexity index is 550. The molecule has 5 nitrogen and oxygen atoms in total. The Hall–Kier alpha value is -1.60. The molecule has 1 aromatic rings. The molecule has 2 rings (SSSR count). The van der Waals surface area contributed by atoms with Gasteiger partial charge in [-0.05, 0) is 74.4 Å². The van der Waals surface area contributed by atoms with E-state index in [4.69, 9.17) is 29.2 Å². The Balaban J connectivity index is 1.71. The van der Waals surface area contributed by atoms with Crippen molar-refractivity contribution in [1.82, 2.24) is 16.2 Å². The van der Waals surface area contributed by atoms with Crippen LogP contribution in [0.1, 0.15) is 39.5 Å². The highest BCUT2D eigenvalue weighted by atomic mass is 32.1. The zero-order valence-corrected chi connectivity index (χ0v) is 15.9. The standard InChI is InChI=1S/C17H26N4OS2/c1-3-22-14-10-8-13(9-11-14)18-16(23)20-21-17(24)19-15-7-5-4-6-12(15)2/h8-12,15H,3-7H2,1-2H3,(H2,18,20,23)(H2,19,21,24)/t12-,15+/m0/s1. The van der Waals surface area contributed by atoms with Gasteiger partial charge in [0.25, 0.3) is 0 Å². The molecule has 7 heteroatoms. The molecule has 132 valence electrons. The van der Waals surface area contributed by atoms with Gasteiger partial charge in [-0.3, -0.25) is 10.9 Å². The molecule has 0 bridgehead atoms. The van der Waals surface area contributed by atoms with E-state index in [1.807, 2.05) is 31.2 Å². The van der Waals surface area contributed by atoms with Crippen LogP contribution in [-0.4, -0.2) is 22.9 Å². The molecule has 1 fully saturated rings. The predicted molar refractivity (Wildman–Crippen MR) is 107 cm³/mol. The van der Waals surface area contributed by atoms with Crippen LogP contribution in [0, 0.1) is 5.92 Å². The van der Waals surface area contributed by atoms with Gasteiger partial charge in [0.05, 0.1) is 6.61 Å². The van der Waals surface area contributed by atoms with Crippen molar-refractivity contribution in [2.45, 2.75) is 45.6 Å². The van der Waals surface area contributed by atoms with Crippen LogP contribution in [0.2, 0.25) is 0 Å². The lowest BCUT2D eigenvalue weighted by atomic mass is 9.86. The second-order valence-corrected chi connectivity index (χ2v) is 6.82. The average molecular weight is 367 g/mol. The van der Waals surface area contributed by atoms with Gasteiger partial charge in [-0.25, -0.2) is 0 Å². The summed E-state index contributed by atoms with van der Waals surface area (Å²) < 4.78 is 5.41. The lowest BCUT2D eigenvalue weighted by Gasteiger charge is -2.30. The van der Waals surface area contributed by atoms with Crippen molar-refractivity contribution in [1.29, 1.82) is 0 Å². The average Bonchev–Trinajstić information content (AvgIpc) is 2.57. The smallest absolute Gasteiger partial charge is 0.189 e. The van der Waals surface area contributed by atoms with E-state index < -0.39 is 0 Å². The summed E-state index contributed by atoms with van der Waals surface area (Å²) in [5.41, 5.74) is 6.74. The van der Waals surface area contributed by atoms with E-state index in [-0.39, 0.29) is 0 Å². The predicted octanol–water partition coefficient (Wildman–Crippen LogP) is 3.33. The van der Waals surface area contributed by atoms with Crippen molar-refractivity contribution < 1.29 is 4.74 Å². The summed E-state index contributed by atoms with van der Waals surface area (Å²) >= 11 is 10.6. The van der Waals surface area contributed by atoms with Crippen LogP contribution in [0.25, 0.3) is 0 Å². The number of hydrogen-bond donors (Lipinski definition) is 4. The van der Waals surface area contributed by atoms with Gasteiger partial charge in [0, 0.05) is 11.7 Å². The number of hydrogen-bond acceptors (Lipinski definition) is 3. The SMILES string of the molecule is CCOc1ccc(NC(=S)NNC(=S)N[C@@H]2CCCC[C@@H]2C)cc1. The molecule has 2 atom stereocenters. The van der Waals surface area contributed by atoms with Crippen molar-refractivity contribution in [3.63, 3.8) is 0 Å². The minimum atomic E-state index is 0.438. The van der Waals surface area contributed by atoms with Gasteiger partial charge in [0.2, 0.25) is 0 Å². The maximum atomic E-state index is 5.41. The van der Waals surface area contributed by atoms with Gasteiger partial charge in [0.15, 0.2) is 10.2 Å². The fraction of sp³-hybridized carbons (Fsp3) is 0.529. The Kier molecular flexibility index (Phi) is 7.52. The van der Waals surface area contributed by atoms with E-state index in [1.165, 1.54) is 19.3 Å². The quantitative estimate of drug-likeness (QED) is 0.482. The zero-order valence-electron chi connectivity index (χ0n) is 14.2. The highest BCUT2D eigenvalue weighted by Crippen LogP contribution is 2.23. The van der Waals surface area contributed by atoms with Crippen LogP contribution in [0.4, 0.5) is 5.69 Å². The van der Waals surface area contributed by atoms with Crippen molar-refractivity contribution in [3.05, 3.63) is 24.3 Å². The van der Waals surface area contributed by atoms with Crippen LogP contribution in [0.3, 0.4) is 0 Å². The summed E-state index contributed by atoms with van der Waals surface area (Å²) in [5.74, 6) is 1.49. The first-order valence-corrected chi connectivity index (χ1v) is 9.26. The molecule has 0 radical (unpaired) electrons. The third kappa shape index (κ3) is 6.13. The summed E-state index contributed by atoms with van der Waals surface area (Å²) in [7, 11) is 0. The van der Waals surface area contributed by atoms with Gasteiger partial charge in [-0.2, -0.15) is 0 Å². The Morgan fingerprint density at radius 3 is 2.42 bits per heavy atom. The molecule has 0 spiro atoms. The third-order valence-corrected chi connectivity index (χ3v) is 4.56. The van der Waals surface area contributed by atoms with E-state index in [2.05, 4.69) is 28.4 Å². The highest BCUT2D eigenvalue weighted by Gasteiger charge is 2.21. The van der Waals surface area contributed by atoms with Crippen LogP contribution in [0.15, 0.2) is 24.3 Å². The second-order valence-electron chi connectivity index (χ2n) is 6.00. The number of thiocarbonyl (C=S) groups is 2. The number of ether oxygens (including phenoxy) is 1. The number of anilines is 1. The molecule has 1 aromatic carbocycles. The van der Waals surface area contributed by atoms with Gasteiger partial charge in [-0.15, -0.1) is 0 Å². The van der Waals surface area contributed by atoms with Gasteiger partial charge >= 0.3 is 0 Å². The molecule has 0 aliphatic heterocycles. The normalized spacial score (nSPS) is 19.9. The molecule has 1 aliphatic rings. The Morgan fingerprint density at radius 2 is 1.75 bits per heavy atom. The topological polar surface area (TPSA) is 57.4 Å². The van der Waals surface area contributed by atoms with Crippen molar-refractivity contribution in [2.75, 3.05) is 11.9 Å². The molecule has 0 amide bonds. The first-order chi connectivity index (χ1) is 11.6. The lowest BCUT2D eigenvalue weighted by molar-refractivity contribution is 0.308. The molecule has 0 heterocycles. The van der Waals surface area contributed by atoms with Crippen LogP contribution in [-0.2, 0) is 0 Å². The van der Waals surface area contributed by atoms with Crippen LogP contribution >= 0.6 is 24.4 Å². The fourth-order valence-corrected chi connectivity index (χ4v) is 3.18. The van der Waals surface area contributed by atoms with Crippen molar-refractivity contribution >= 4 is 40.3 Å². The van der Waals surface area contributed by atoms with E-state index >= 15 is 0 Å². The monoisotopic (exact) mass is 366 g/mol. The molecule has 0 aromatic heterocycles. The maximum absolute atomic E-state index is 5.41. The summed E-state index contributed by atoms with van der Waals surface area (Å²) in [6.07, 6.45) is 4.99. The summed E-state index contributed by atoms with van der Waals surface area (Å²) in [6, 6.07) is 8.07. The van der Waals surface area contributed by atoms with Crippen molar-refractivity contribution in [2.24, 2.45) is 5.92 Å². The minimum absolute atomic E-state index is 0.438. The van der Waals surface area contributed by atoms with Gasteiger partial charge in [-0.1, -0.05) is 19.8 Å². The Labute approximate surface area is 154 Å². The molecule has 1 saturated carbocycles. The minimum Gasteiger partial charge on any atom is -0.494 e. The number of benzene rings is 1. The number of hydrazine groups is 1. The van der Waals surface area contributed by atoms with E-state index in [1.54, 1.807) is 0 Å². The summed E-state index contributed by atoms with van der Waals surface area (Å²) in [4.78, 5) is 0. The van der Waals surface area contributed by atoms with Gasteiger partial charge in [0.1, 0.15) is 5.75 Å². The van der Waals surface area contributed by atoms with Crippen LogP contribution < -0.4 is 26.2 Å². The molecule has 0 unspecified atom stereocenters. The molecule has 4 N–H and O–H groups in total. The molecule has 24 heavy (non-hydrogen) atoms. The first-order valence-electron chi connectivity index (χ1n) is 8.45. The lowest BCUT2D eigenvalue weighted by Crippen LogP contribution is -2.52. The molecule has 1 aliphatic carbocycles. The second kappa shape index (κ2) is 9.64. The van der Waals surface area contributed by atoms with E-state index in [0.29, 0.717) is 28.8 Å². The zero-order chi connectivity index (χ0) is 17.4. The third-order valence-electron chi connectivity index (χ3n) is 4.14. The van der Waals surface area contributed by atoms with E-state index in [9.17, 15) is 0 Å². The first kappa shape index (κ1) is 18.7. The number of rotatable bonds is 4. The molecule has 0 saturated heterocycles. The number of nitrogens with one attached hydrogen (secondary N) is 4. The van der Waals surface area contributed by atoms with Gasteiger partial charge < -0.3 is 15.4 Å². The van der Waals surface area contributed by atoms with Crippen molar-refractivity contribution in [3.8, 4) is 5.75 Å². The van der Waals surface area contributed by atoms with E-state index in [0.717, 1.165) is 17.9 Å². The largest absolute Gasteiger partial charge is 0.494 e. The highest BCUT2D eigenvalue weighted by molar-refractivity contribution is 7.80. The molecular weight excluding hydrogens is 340 g/mol. The maximum Gasteiger partial charge on any atom is 0.189 e. The fourth-order valence-electron chi connectivity index (χ4n) is 2.81. The summed E-state index contributed by atoms with van der Waals surface area (Å²) in [5, 5.41) is 7.49. The Morgan fingerprint density at radius 1 is 1.08 bits per heavy atom. The molecular formula is C17H26N4OS2. The van der Waals surface area contributed by atoms with Crippen LogP contribution in [0.5, 0.6) is 5.75 Å².